The van der Waals surface area contributed by atoms with Gasteiger partial charge in [0.15, 0.2) is 5.82 Å². The van der Waals surface area contributed by atoms with Gasteiger partial charge in [-0.05, 0) is 61.9 Å². The third-order valence-electron chi connectivity index (χ3n) is 6.58. The van der Waals surface area contributed by atoms with E-state index in [1.54, 1.807) is 6.20 Å². The Morgan fingerprint density at radius 1 is 1.00 bits per heavy atom. The minimum Gasteiger partial charge on any atom is -0.353 e. The number of nitrogens with two attached hydrogens (primary N) is 2. The van der Waals surface area contributed by atoms with Crippen LogP contribution in [0.3, 0.4) is 0 Å². The van der Waals surface area contributed by atoms with Crippen LogP contribution in [0.2, 0.25) is 0 Å². The monoisotopic (exact) mass is 414 g/mol. The van der Waals surface area contributed by atoms with Crippen LogP contribution in [0.25, 0.3) is 16.8 Å². The topological polar surface area (TPSA) is 93.9 Å². The zero-order chi connectivity index (χ0) is 21.4. The molecule has 1 atom stereocenters. The number of benzene rings is 2. The van der Waals surface area contributed by atoms with E-state index < -0.39 is 5.66 Å². The summed E-state index contributed by atoms with van der Waals surface area (Å²) in [5.41, 5.74) is 21.4. The zero-order valence-corrected chi connectivity index (χ0v) is 17.9. The van der Waals surface area contributed by atoms with Gasteiger partial charge in [-0.2, -0.15) is 0 Å². The predicted molar refractivity (Wildman–Crippen MR) is 127 cm³/mol. The molecular weight excluding hydrogens is 384 g/mol. The summed E-state index contributed by atoms with van der Waals surface area (Å²) in [6.45, 7) is 2.10. The largest absolute Gasteiger partial charge is 0.353 e. The molecule has 2 aromatic carbocycles. The minimum absolute atomic E-state index is 0.292. The van der Waals surface area contributed by atoms with Crippen molar-refractivity contribution in [3.8, 4) is 11.1 Å². The van der Waals surface area contributed by atoms with Crippen LogP contribution in [-0.2, 0) is 0 Å². The van der Waals surface area contributed by atoms with Crippen molar-refractivity contribution in [2.45, 2.75) is 44.3 Å². The second-order valence-corrected chi connectivity index (χ2v) is 8.90. The molecule has 0 radical (unpaired) electrons. The molecule has 0 saturated heterocycles. The minimum atomic E-state index is -0.641. The van der Waals surface area contributed by atoms with E-state index in [4.69, 9.17) is 11.5 Å². The maximum Gasteiger partial charge on any atom is 0.174 e. The maximum atomic E-state index is 6.89. The Labute approximate surface area is 183 Å². The number of aromatic nitrogens is 2. The maximum absolute atomic E-state index is 6.89. The number of aryl methyl sites for hydroxylation is 1. The van der Waals surface area contributed by atoms with Gasteiger partial charge in [0.05, 0.1) is 5.70 Å². The number of nitrogens with zero attached hydrogens (tertiary/aromatic N) is 2. The molecule has 0 bridgehead atoms. The van der Waals surface area contributed by atoms with Crippen molar-refractivity contribution in [3.63, 3.8) is 0 Å². The van der Waals surface area contributed by atoms with Crippen molar-refractivity contribution >= 4 is 11.4 Å². The predicted octanol–water partition coefficient (Wildman–Crippen LogP) is 4.04. The first-order chi connectivity index (χ1) is 15.0. The SMILES string of the molecule is Cc1ccc(-c2ccc(NC3=CC(N)(C4CCC(N)CC4)Nn4ccnc43)cc2)cc1. The Morgan fingerprint density at radius 2 is 1.65 bits per heavy atom. The Kier molecular flexibility index (Phi) is 5.04. The van der Waals surface area contributed by atoms with Crippen molar-refractivity contribution in [3.05, 3.63) is 78.4 Å². The van der Waals surface area contributed by atoms with Crippen LogP contribution in [0.5, 0.6) is 0 Å². The summed E-state index contributed by atoms with van der Waals surface area (Å²) in [6.07, 6.45) is 9.87. The molecule has 31 heavy (non-hydrogen) atoms. The molecule has 1 unspecified atom stereocenters. The molecule has 2 aliphatic rings. The molecule has 6 nitrogen and oxygen atoms in total. The van der Waals surface area contributed by atoms with E-state index in [1.165, 1.54) is 16.7 Å². The smallest absolute Gasteiger partial charge is 0.174 e. The number of imidazole rings is 1. The highest BCUT2D eigenvalue weighted by Gasteiger charge is 2.39. The summed E-state index contributed by atoms with van der Waals surface area (Å²) in [7, 11) is 0. The fourth-order valence-electron chi connectivity index (χ4n) is 4.68. The number of anilines is 1. The van der Waals surface area contributed by atoms with Gasteiger partial charge in [0.1, 0.15) is 5.66 Å². The summed E-state index contributed by atoms with van der Waals surface area (Å²) >= 11 is 0. The van der Waals surface area contributed by atoms with Crippen LogP contribution in [0, 0.1) is 12.8 Å². The first kappa shape index (κ1) is 19.8. The number of hydrogen-bond donors (Lipinski definition) is 4. The summed E-state index contributed by atoms with van der Waals surface area (Å²) in [6, 6.07) is 17.4. The van der Waals surface area contributed by atoms with Gasteiger partial charge >= 0.3 is 0 Å². The van der Waals surface area contributed by atoms with E-state index in [9.17, 15) is 0 Å². The molecule has 0 amide bonds. The van der Waals surface area contributed by atoms with E-state index in [0.29, 0.717) is 12.0 Å². The molecule has 6 N–H and O–H groups in total. The molecule has 160 valence electrons. The van der Waals surface area contributed by atoms with E-state index in [1.807, 2.05) is 10.9 Å². The van der Waals surface area contributed by atoms with Gasteiger partial charge in [0.2, 0.25) is 0 Å². The van der Waals surface area contributed by atoms with Gasteiger partial charge in [-0.1, -0.05) is 42.0 Å². The molecule has 0 spiro atoms. The molecule has 1 aliphatic carbocycles. The fraction of sp³-hybridized carbons (Fsp3) is 0.320. The van der Waals surface area contributed by atoms with Crippen molar-refractivity contribution in [1.29, 1.82) is 0 Å². The van der Waals surface area contributed by atoms with Gasteiger partial charge in [-0.15, -0.1) is 0 Å². The average molecular weight is 415 g/mol. The number of hydrogen-bond acceptors (Lipinski definition) is 5. The van der Waals surface area contributed by atoms with Crippen molar-refractivity contribution in [2.24, 2.45) is 17.4 Å². The Morgan fingerprint density at radius 3 is 2.32 bits per heavy atom. The standard InChI is InChI=1S/C25H30N6/c1-17-2-4-18(5-3-17)19-6-12-22(13-7-19)29-23-16-25(27,20-8-10-21(26)11-9-20)30-31-15-14-28-24(23)31/h2-7,12-16,20-21,29-30H,8-11,26-27H2,1H3. The molecule has 1 fully saturated rings. The summed E-state index contributed by atoms with van der Waals surface area (Å²) < 4.78 is 1.93. The molecule has 1 saturated carbocycles. The van der Waals surface area contributed by atoms with Crippen molar-refractivity contribution in [2.75, 3.05) is 10.7 Å². The summed E-state index contributed by atoms with van der Waals surface area (Å²) in [5.74, 6) is 1.15. The normalized spacial score (nSPS) is 25.3. The number of rotatable bonds is 4. The first-order valence-corrected chi connectivity index (χ1v) is 11.0. The second-order valence-electron chi connectivity index (χ2n) is 8.90. The lowest BCUT2D eigenvalue weighted by molar-refractivity contribution is 0.239. The van der Waals surface area contributed by atoms with E-state index >= 15 is 0 Å². The van der Waals surface area contributed by atoms with Crippen LogP contribution in [0.1, 0.15) is 37.1 Å². The zero-order valence-electron chi connectivity index (χ0n) is 17.9. The first-order valence-electron chi connectivity index (χ1n) is 11.0. The summed E-state index contributed by atoms with van der Waals surface area (Å²) in [5, 5.41) is 3.55. The lowest BCUT2D eigenvalue weighted by atomic mass is 9.78. The van der Waals surface area contributed by atoms with Gasteiger partial charge in [0, 0.05) is 30.0 Å². The highest BCUT2D eigenvalue weighted by Crippen LogP contribution is 2.35. The third-order valence-corrected chi connectivity index (χ3v) is 6.58. The molecule has 6 heteroatoms. The molecule has 5 rings (SSSR count). The Bertz CT molecular complexity index is 1070. The molecule has 1 aliphatic heterocycles. The highest BCUT2D eigenvalue weighted by atomic mass is 15.5. The quantitative estimate of drug-likeness (QED) is 0.517. The molecule has 1 aromatic heterocycles. The molecule has 2 heterocycles. The van der Waals surface area contributed by atoms with Gasteiger partial charge < -0.3 is 22.2 Å². The molecule has 3 aromatic rings. The lowest BCUT2D eigenvalue weighted by Gasteiger charge is -2.42. The number of fused-ring (bicyclic) bond motifs is 1. The van der Waals surface area contributed by atoms with Gasteiger partial charge in [0.25, 0.3) is 0 Å². The van der Waals surface area contributed by atoms with E-state index in [-0.39, 0.29) is 0 Å². The highest BCUT2D eigenvalue weighted by molar-refractivity contribution is 5.77. The van der Waals surface area contributed by atoms with Crippen LogP contribution >= 0.6 is 0 Å². The van der Waals surface area contributed by atoms with Crippen LogP contribution in [0.4, 0.5) is 5.69 Å². The van der Waals surface area contributed by atoms with E-state index in [0.717, 1.165) is 42.9 Å². The molecular formula is C25H30N6. The Hall–Kier alpha value is -3.09. The van der Waals surface area contributed by atoms with Crippen molar-refractivity contribution in [1.82, 2.24) is 9.66 Å². The third kappa shape index (κ3) is 3.96. The average Bonchev–Trinajstić information content (AvgIpc) is 3.24. The van der Waals surface area contributed by atoms with Gasteiger partial charge in [-0.3, -0.25) is 0 Å². The fourth-order valence-corrected chi connectivity index (χ4v) is 4.68. The Balaban J connectivity index is 1.40. The van der Waals surface area contributed by atoms with E-state index in [2.05, 4.69) is 77.3 Å². The lowest BCUT2D eigenvalue weighted by Crippen LogP contribution is -2.58. The van der Waals surface area contributed by atoms with Crippen LogP contribution in [-0.4, -0.2) is 21.4 Å². The second kappa shape index (κ2) is 7.87. The van der Waals surface area contributed by atoms with Gasteiger partial charge in [-0.25, -0.2) is 9.66 Å². The number of nitrogens with one attached hydrogen (secondary N) is 2. The van der Waals surface area contributed by atoms with Crippen LogP contribution < -0.4 is 22.2 Å². The van der Waals surface area contributed by atoms with Crippen LogP contribution in [0.15, 0.2) is 67.0 Å². The van der Waals surface area contributed by atoms with Crippen molar-refractivity contribution < 1.29 is 0 Å². The summed E-state index contributed by atoms with van der Waals surface area (Å²) in [4.78, 5) is 4.52.